The Kier molecular flexibility index (Phi) is 26.3. The van der Waals surface area contributed by atoms with E-state index in [4.69, 9.17) is 27.0 Å². The minimum absolute atomic E-state index is 0. The van der Waals surface area contributed by atoms with Crippen LogP contribution in [0.1, 0.15) is 99.3 Å². The molecule has 5 heterocycles. The third kappa shape index (κ3) is 17.6. The summed E-state index contributed by atoms with van der Waals surface area (Å²) >= 11 is 2.74. The Morgan fingerprint density at radius 2 is 1.26 bits per heavy atom. The van der Waals surface area contributed by atoms with E-state index in [0.717, 1.165) is 28.4 Å². The number of epoxide rings is 1. The first kappa shape index (κ1) is 56.9. The minimum atomic E-state index is -4.67. The van der Waals surface area contributed by atoms with Gasteiger partial charge in [0.1, 0.15) is 36.9 Å². The number of unbranched alkanes of at least 4 members (excludes halogenated alkanes) is 9. The number of hydrogen-bond acceptors (Lipinski definition) is 8. The van der Waals surface area contributed by atoms with Gasteiger partial charge in [0.25, 0.3) is 0 Å². The molecule has 1 aromatic carbocycles. The minimum Gasteiger partial charge on any atom is -1.00 e. The Morgan fingerprint density at radius 1 is 0.825 bits per heavy atom. The van der Waals surface area contributed by atoms with Crippen molar-refractivity contribution in [3.8, 4) is 0 Å². The maximum absolute atomic E-state index is 13.1. The molecule has 3 fully saturated rings. The Balaban J connectivity index is 0.000000937. The first-order valence-corrected chi connectivity index (χ1v) is 22.3. The van der Waals surface area contributed by atoms with Crippen LogP contribution in [0.3, 0.4) is 0 Å². The number of carbonyl (C=O) groups excluding carboxylic acids is 1. The van der Waals surface area contributed by atoms with E-state index in [9.17, 15) is 9.90 Å². The van der Waals surface area contributed by atoms with Crippen LogP contribution in [-0.2, 0) is 36.8 Å². The zero-order chi connectivity index (χ0) is 38.7. The SMILES string of the molecule is CCCCCCCCCCCC[N+](C)(C)Cc1ccccc1.C[N+]1(C)[C@@H]2CC(OC(=O)C(O)(c3cccs3)c3cccs3)C[C@H]1[C@@H]1O[C@@H]12.O=S(=O)(O)O.[Br-].[Cl-].[Cl-].[Na+]. The predicted octanol–water partition coefficient (Wildman–Crippen LogP) is -4.11. The molecule has 6 rings (SSSR count). The molecule has 57 heavy (non-hydrogen) atoms. The van der Waals surface area contributed by atoms with Crippen LogP contribution in [-0.4, -0.2) is 103 Å². The molecule has 0 saturated carbocycles. The predicted molar refractivity (Wildman–Crippen MR) is 212 cm³/mol. The summed E-state index contributed by atoms with van der Waals surface area (Å²) in [7, 11) is 4.55. The molecule has 3 aliphatic rings. The molecule has 1 unspecified atom stereocenters. The van der Waals surface area contributed by atoms with E-state index < -0.39 is 22.0 Å². The van der Waals surface area contributed by atoms with Crippen molar-refractivity contribution in [2.24, 2.45) is 0 Å². The van der Waals surface area contributed by atoms with Crippen molar-refractivity contribution in [1.29, 1.82) is 0 Å². The summed E-state index contributed by atoms with van der Waals surface area (Å²) in [6.45, 7) is 4.74. The topological polar surface area (TPSA) is 134 Å². The van der Waals surface area contributed by atoms with E-state index in [-0.39, 0.29) is 77.5 Å². The number of fused-ring (bicyclic) bond motifs is 5. The Morgan fingerprint density at radius 3 is 1.68 bits per heavy atom. The fraction of sp³-hybridized carbons (Fsp3) is 0.625. The first-order valence-electron chi connectivity index (χ1n) is 19.1. The van der Waals surface area contributed by atoms with Crippen molar-refractivity contribution in [1.82, 2.24) is 0 Å². The van der Waals surface area contributed by atoms with Gasteiger partial charge < -0.3 is 65.3 Å². The molecular weight excluding hydrogens is 906 g/mol. The van der Waals surface area contributed by atoms with Crippen LogP contribution in [0.4, 0.5) is 0 Å². The molecule has 0 amide bonds. The van der Waals surface area contributed by atoms with Gasteiger partial charge in [-0.05, 0) is 35.7 Å². The number of nitrogens with zero attached hydrogens (tertiary/aromatic N) is 2. The molecular formula is C40H62BrCl2N2NaO8S3. The van der Waals surface area contributed by atoms with Crippen molar-refractivity contribution < 1.29 is 117 Å². The summed E-state index contributed by atoms with van der Waals surface area (Å²) in [5.74, 6) is -0.561. The fourth-order valence-electron chi connectivity index (χ4n) is 8.01. The van der Waals surface area contributed by atoms with Gasteiger partial charge in [-0.1, -0.05) is 101 Å². The largest absolute Gasteiger partial charge is 1.00 e. The van der Waals surface area contributed by atoms with Crippen molar-refractivity contribution in [2.45, 2.75) is 127 Å². The van der Waals surface area contributed by atoms with Gasteiger partial charge in [0.15, 0.2) is 0 Å². The van der Waals surface area contributed by atoms with Gasteiger partial charge in [0.2, 0.25) is 5.60 Å². The zero-order valence-electron chi connectivity index (χ0n) is 34.3. The van der Waals surface area contributed by atoms with E-state index >= 15 is 0 Å². The van der Waals surface area contributed by atoms with Gasteiger partial charge in [-0.15, -0.1) is 22.7 Å². The number of ether oxygens (including phenoxy) is 2. The van der Waals surface area contributed by atoms with Crippen LogP contribution in [0.5, 0.6) is 0 Å². The number of hydrogen-bond donors (Lipinski definition) is 3. The Hall–Kier alpha value is -0.140. The molecule has 2 bridgehead atoms. The van der Waals surface area contributed by atoms with Gasteiger partial charge in [0, 0.05) is 18.4 Å². The normalized spacial score (nSPS) is 21.2. The Bertz CT molecular complexity index is 1580. The van der Waals surface area contributed by atoms with Gasteiger partial charge >= 0.3 is 45.9 Å². The first-order chi connectivity index (χ1) is 25.1. The van der Waals surface area contributed by atoms with Crippen LogP contribution < -0.4 is 71.4 Å². The monoisotopic (exact) mass is 966 g/mol. The number of rotatable bonds is 17. The summed E-state index contributed by atoms with van der Waals surface area (Å²) in [6.07, 6.45) is 16.3. The quantitative estimate of drug-likeness (QED) is 0.0311. The van der Waals surface area contributed by atoms with E-state index in [1.807, 2.05) is 22.9 Å². The van der Waals surface area contributed by atoms with Crippen LogP contribution in [0, 0.1) is 0 Å². The van der Waals surface area contributed by atoms with Crippen LogP contribution in [0.25, 0.3) is 0 Å². The number of esters is 1. The number of likely N-dealkylation sites (N-methyl/N-ethyl adjacent to an activating group) is 1. The summed E-state index contributed by atoms with van der Waals surface area (Å²) < 4.78 is 45.3. The van der Waals surface area contributed by atoms with E-state index in [0.29, 0.717) is 34.0 Å². The number of halogens is 3. The third-order valence-corrected chi connectivity index (χ3v) is 12.9. The zero-order valence-corrected chi connectivity index (χ0v) is 41.8. The number of carbonyl (C=O) groups is 1. The Labute approximate surface area is 394 Å². The number of benzene rings is 1. The molecule has 17 heteroatoms. The molecule has 3 aromatic rings. The number of aliphatic hydroxyl groups is 1. The summed E-state index contributed by atoms with van der Waals surface area (Å²) in [5.41, 5.74) is -0.262. The molecule has 0 aliphatic carbocycles. The number of morpholine rings is 1. The summed E-state index contributed by atoms with van der Waals surface area (Å²) in [6, 6.07) is 18.9. The molecule has 0 spiro atoms. The third-order valence-electron chi connectivity index (χ3n) is 10.9. The molecule has 5 atom stereocenters. The van der Waals surface area contributed by atoms with E-state index in [2.05, 4.69) is 65.4 Å². The second kappa shape index (κ2) is 26.4. The standard InChI is InChI=1S/C21H38N.C19H22NO4S2.BrH.2ClH.Na.H2O4S/c1-4-5-6-7-8-9-10-11-12-16-19-22(2,3)20-21-17-14-13-15-18-21;1-20(2)12-9-11(10-13(20)17-16(12)24-17)23-18(21)19(22,14-5-3-7-25-14)15-6-4-8-26-15;;;;;1-5(2,3)4/h13-15,17-18H,4-12,16,19-20H2,1-3H3;3-8,11-13,16-17,22H,9-10H2,1-2H3;3*1H;;(H2,1,2,3,4)/q2*+1;;;;+1;/p-3/t;11?,12-,13+,16-,17+;;;;;. The number of thiophene rings is 2. The maximum atomic E-state index is 13.1. The molecule has 0 radical (unpaired) electrons. The number of piperidine rings is 1. The van der Waals surface area contributed by atoms with Crippen molar-refractivity contribution in [2.75, 3.05) is 34.7 Å². The summed E-state index contributed by atoms with van der Waals surface area (Å²) in [5, 5.41) is 15.1. The molecule has 2 aromatic heterocycles. The fourth-order valence-corrected chi connectivity index (χ4v) is 9.73. The van der Waals surface area contributed by atoms with Crippen molar-refractivity contribution in [3.05, 3.63) is 80.7 Å². The maximum Gasteiger partial charge on any atom is 1.00 e. The van der Waals surface area contributed by atoms with Crippen LogP contribution in [0.2, 0.25) is 0 Å². The average molecular weight is 969 g/mol. The smallest absolute Gasteiger partial charge is 1.00 e. The van der Waals surface area contributed by atoms with Gasteiger partial charge in [-0.3, -0.25) is 9.11 Å². The summed E-state index contributed by atoms with van der Waals surface area (Å²) in [4.78, 5) is 14.3. The molecule has 10 nitrogen and oxygen atoms in total. The van der Waals surface area contributed by atoms with E-state index in [1.165, 1.54) is 99.0 Å². The molecule has 3 N–H and O–H groups in total. The van der Waals surface area contributed by atoms with Crippen molar-refractivity contribution >= 4 is 39.0 Å². The second-order valence-electron chi connectivity index (χ2n) is 15.9. The van der Waals surface area contributed by atoms with Gasteiger partial charge in [0.05, 0.1) is 44.5 Å². The van der Waals surface area contributed by atoms with Crippen LogP contribution >= 0.6 is 22.7 Å². The van der Waals surface area contributed by atoms with E-state index in [1.54, 1.807) is 12.1 Å². The van der Waals surface area contributed by atoms with Gasteiger partial charge in [-0.2, -0.15) is 8.42 Å². The van der Waals surface area contributed by atoms with Crippen molar-refractivity contribution in [3.63, 3.8) is 0 Å². The van der Waals surface area contributed by atoms with Gasteiger partial charge in [-0.25, -0.2) is 4.79 Å². The second-order valence-corrected chi connectivity index (χ2v) is 18.7. The number of quaternary nitrogens is 2. The molecule has 3 aliphatic heterocycles. The van der Waals surface area contributed by atoms with Crippen LogP contribution in [0.15, 0.2) is 65.4 Å². The average Bonchev–Trinajstić information content (AvgIpc) is 3.39. The molecule has 320 valence electrons. The molecule has 3 saturated heterocycles.